The van der Waals surface area contributed by atoms with Gasteiger partial charge in [0.1, 0.15) is 18.2 Å². The molecule has 4 aliphatic rings. The first-order valence-electron chi connectivity index (χ1n) is 15.2. The van der Waals surface area contributed by atoms with Gasteiger partial charge < -0.3 is 24.3 Å². The first-order chi connectivity index (χ1) is 20.5. The van der Waals surface area contributed by atoms with Crippen LogP contribution in [0.15, 0.2) is 49.1 Å². The van der Waals surface area contributed by atoms with Crippen LogP contribution in [0.1, 0.15) is 41.6 Å². The number of hydrogen-bond donors (Lipinski definition) is 0. The van der Waals surface area contributed by atoms with Crippen LogP contribution in [0.2, 0.25) is 0 Å². The molecular weight excluding hydrogens is 524 g/mol. The molecule has 1 amide bonds. The quantitative estimate of drug-likeness (QED) is 0.412. The van der Waals surface area contributed by atoms with Crippen LogP contribution in [0, 0.1) is 18.3 Å². The van der Waals surface area contributed by atoms with E-state index in [0.717, 1.165) is 55.7 Å². The maximum Gasteiger partial charge on any atom is 0.246 e. The normalized spacial score (nSPS) is 23.4. The summed E-state index contributed by atoms with van der Waals surface area (Å²) in [4.78, 5) is 26.6. The molecule has 3 aromatic rings. The molecule has 4 heterocycles. The minimum atomic E-state index is -0.00913. The summed E-state index contributed by atoms with van der Waals surface area (Å²) in [5.41, 5.74) is 6.13. The zero-order valence-electron chi connectivity index (χ0n) is 24.6. The summed E-state index contributed by atoms with van der Waals surface area (Å²) >= 11 is 0. The molecule has 42 heavy (non-hydrogen) atoms. The molecule has 0 bridgehead atoms. The third-order valence-electron chi connectivity index (χ3n) is 9.77. The number of aryl methyl sites for hydroxylation is 1. The number of fused-ring (bicyclic) bond motifs is 3. The minimum Gasteiger partial charge on any atom is -0.475 e. The third kappa shape index (κ3) is 4.47. The van der Waals surface area contributed by atoms with Crippen LogP contribution >= 0.6 is 0 Å². The van der Waals surface area contributed by atoms with Crippen LogP contribution in [-0.2, 0) is 17.8 Å². The van der Waals surface area contributed by atoms with E-state index in [-0.39, 0.29) is 18.0 Å². The molecule has 1 aromatic heterocycles. The van der Waals surface area contributed by atoms with Crippen molar-refractivity contribution in [1.82, 2.24) is 14.8 Å². The standard InChI is InChI=1S/C34H38N6O2/c1-4-31(41)39-16-17-40(30-18-29(30)39)33-25-13-15-38(28-12-6-10-23-9-5-8-22(2)32(23)28)20-27(25)36-34(26(33)19-35)42-21-24-11-7-14-37(24)3/h4-6,8-10,12,24,29-30H,1,7,11,13-18,20-21H2,2-3H3. The summed E-state index contributed by atoms with van der Waals surface area (Å²) in [7, 11) is 2.14. The van der Waals surface area contributed by atoms with Gasteiger partial charge >= 0.3 is 0 Å². The van der Waals surface area contributed by atoms with Gasteiger partial charge in [-0.05, 0) is 69.3 Å². The highest BCUT2D eigenvalue weighted by molar-refractivity contribution is 5.97. The molecule has 0 N–H and O–H groups in total. The number of pyridine rings is 1. The minimum absolute atomic E-state index is 0.00913. The monoisotopic (exact) mass is 562 g/mol. The van der Waals surface area contributed by atoms with E-state index in [0.29, 0.717) is 43.7 Å². The molecule has 8 heteroatoms. The Bertz CT molecular complexity index is 1610. The van der Waals surface area contributed by atoms with Crippen molar-refractivity contribution in [2.45, 2.75) is 57.3 Å². The first kappa shape index (κ1) is 26.8. The number of likely N-dealkylation sites (tertiary alicyclic amines) is 1. The SMILES string of the molecule is C=CC(=O)N1CCN(c2c(C#N)c(OCC3CCCN3C)nc3c2CCN(c2cccc4cccc(C)c24)C3)C2CC21. The van der Waals surface area contributed by atoms with E-state index >= 15 is 0 Å². The Morgan fingerprint density at radius 3 is 2.76 bits per heavy atom. The predicted molar refractivity (Wildman–Crippen MR) is 165 cm³/mol. The Hall–Kier alpha value is -4.09. The second-order valence-corrected chi connectivity index (χ2v) is 12.2. The smallest absolute Gasteiger partial charge is 0.246 e. The molecule has 8 nitrogen and oxygen atoms in total. The summed E-state index contributed by atoms with van der Waals surface area (Å²) < 4.78 is 6.44. The van der Waals surface area contributed by atoms with Crippen molar-refractivity contribution in [2.24, 2.45) is 0 Å². The third-order valence-corrected chi connectivity index (χ3v) is 9.77. The molecule has 7 rings (SSSR count). The Morgan fingerprint density at radius 1 is 1.17 bits per heavy atom. The van der Waals surface area contributed by atoms with Gasteiger partial charge in [0, 0.05) is 42.3 Å². The molecule has 3 unspecified atom stereocenters. The maximum absolute atomic E-state index is 12.5. The number of ether oxygens (including phenoxy) is 1. The van der Waals surface area contributed by atoms with Gasteiger partial charge in [-0.15, -0.1) is 0 Å². The molecular formula is C34H38N6O2. The van der Waals surface area contributed by atoms with Crippen LogP contribution < -0.4 is 14.5 Å². The Labute approximate surface area is 247 Å². The van der Waals surface area contributed by atoms with Gasteiger partial charge in [-0.25, -0.2) is 4.98 Å². The first-order valence-corrected chi connectivity index (χ1v) is 15.2. The van der Waals surface area contributed by atoms with Crippen molar-refractivity contribution >= 4 is 28.1 Å². The van der Waals surface area contributed by atoms with Crippen molar-refractivity contribution in [3.05, 3.63) is 71.4 Å². The van der Waals surface area contributed by atoms with Crippen LogP contribution in [0.5, 0.6) is 5.88 Å². The number of hydrogen-bond acceptors (Lipinski definition) is 7. The maximum atomic E-state index is 12.5. The van der Waals surface area contributed by atoms with Gasteiger partial charge in [0.25, 0.3) is 0 Å². The topological polar surface area (TPSA) is 75.9 Å². The second-order valence-electron chi connectivity index (χ2n) is 12.2. The van der Waals surface area contributed by atoms with Crippen LogP contribution in [0.25, 0.3) is 10.8 Å². The van der Waals surface area contributed by atoms with E-state index < -0.39 is 0 Å². The van der Waals surface area contributed by atoms with Crippen molar-refractivity contribution in [2.75, 3.05) is 49.6 Å². The zero-order chi connectivity index (χ0) is 29.0. The molecule has 1 saturated carbocycles. The van der Waals surface area contributed by atoms with Crippen molar-refractivity contribution in [1.29, 1.82) is 5.26 Å². The van der Waals surface area contributed by atoms with E-state index in [4.69, 9.17) is 9.72 Å². The van der Waals surface area contributed by atoms with Gasteiger partial charge in [0.05, 0.1) is 30.0 Å². The number of aromatic nitrogens is 1. The average Bonchev–Trinajstić information content (AvgIpc) is 3.72. The molecule has 216 valence electrons. The number of nitriles is 1. The lowest BCUT2D eigenvalue weighted by Gasteiger charge is -2.39. The van der Waals surface area contributed by atoms with E-state index in [2.05, 4.69) is 77.7 Å². The number of amides is 1. The van der Waals surface area contributed by atoms with Crippen molar-refractivity contribution in [3.8, 4) is 11.9 Å². The molecule has 3 fully saturated rings. The number of likely N-dealkylation sites (N-methyl/N-ethyl adjacent to an activating group) is 1. The fourth-order valence-electron chi connectivity index (χ4n) is 7.45. The lowest BCUT2D eigenvalue weighted by atomic mass is 9.96. The van der Waals surface area contributed by atoms with Gasteiger partial charge in [-0.2, -0.15) is 5.26 Å². The van der Waals surface area contributed by atoms with Crippen LogP contribution in [0.3, 0.4) is 0 Å². The zero-order valence-corrected chi connectivity index (χ0v) is 24.6. The Morgan fingerprint density at radius 2 is 2.00 bits per heavy atom. The highest BCUT2D eigenvalue weighted by Gasteiger charge is 2.51. The molecule has 1 aliphatic carbocycles. The largest absolute Gasteiger partial charge is 0.475 e. The molecule has 2 aromatic carbocycles. The number of carbonyl (C=O) groups excluding carboxylic acids is 1. The van der Waals surface area contributed by atoms with Crippen LogP contribution in [0.4, 0.5) is 11.4 Å². The summed E-state index contributed by atoms with van der Waals surface area (Å²) in [6.45, 7) is 10.3. The summed E-state index contributed by atoms with van der Waals surface area (Å²) in [6, 6.07) is 16.2. The highest BCUT2D eigenvalue weighted by atomic mass is 16.5. The van der Waals surface area contributed by atoms with Gasteiger partial charge in [-0.3, -0.25) is 4.79 Å². The van der Waals surface area contributed by atoms with Gasteiger partial charge in [-0.1, -0.05) is 36.9 Å². The molecule has 2 saturated heterocycles. The van der Waals surface area contributed by atoms with Gasteiger partial charge in [0.15, 0.2) is 0 Å². The summed E-state index contributed by atoms with van der Waals surface area (Å²) in [5, 5.41) is 13.1. The van der Waals surface area contributed by atoms with E-state index in [1.165, 1.54) is 28.1 Å². The number of anilines is 2. The van der Waals surface area contributed by atoms with Crippen LogP contribution in [-0.4, -0.2) is 78.7 Å². The van der Waals surface area contributed by atoms with E-state index in [9.17, 15) is 10.1 Å². The molecule has 3 atom stereocenters. The predicted octanol–water partition coefficient (Wildman–Crippen LogP) is 4.43. The Balaban J connectivity index is 1.28. The van der Waals surface area contributed by atoms with E-state index in [1.54, 1.807) is 0 Å². The number of rotatable bonds is 6. The lowest BCUT2D eigenvalue weighted by molar-refractivity contribution is -0.126. The van der Waals surface area contributed by atoms with Gasteiger partial charge in [0.2, 0.25) is 11.8 Å². The number of nitrogens with zero attached hydrogens (tertiary/aromatic N) is 6. The lowest BCUT2D eigenvalue weighted by Crippen LogP contribution is -2.49. The Kier molecular flexibility index (Phi) is 6.78. The average molecular weight is 563 g/mol. The number of carbonyl (C=O) groups is 1. The fraction of sp³-hybridized carbons (Fsp3) is 0.441. The number of benzene rings is 2. The number of piperazine rings is 1. The van der Waals surface area contributed by atoms with Crippen molar-refractivity contribution in [3.63, 3.8) is 0 Å². The second kappa shape index (κ2) is 10.6. The van der Waals surface area contributed by atoms with E-state index in [1.807, 2.05) is 4.90 Å². The molecule has 0 spiro atoms. The molecule has 3 aliphatic heterocycles. The summed E-state index contributed by atoms with van der Waals surface area (Å²) in [6.07, 6.45) is 5.37. The van der Waals surface area contributed by atoms with Crippen molar-refractivity contribution < 1.29 is 9.53 Å². The summed E-state index contributed by atoms with van der Waals surface area (Å²) in [5.74, 6) is 0.439. The fourth-order valence-corrected chi connectivity index (χ4v) is 7.45. The highest BCUT2D eigenvalue weighted by Crippen LogP contribution is 2.45. The molecule has 0 radical (unpaired) electrons.